The molecule has 1 spiro atoms. The topological polar surface area (TPSA) is 58.2 Å². The van der Waals surface area contributed by atoms with Crippen LogP contribution in [0.3, 0.4) is 0 Å². The Morgan fingerprint density at radius 1 is 1.43 bits per heavy atom. The van der Waals surface area contributed by atoms with Gasteiger partial charge in [-0.25, -0.2) is 4.39 Å². The number of nitrogens with zero attached hydrogens (tertiary/aromatic N) is 2. The summed E-state index contributed by atoms with van der Waals surface area (Å²) in [5.74, 6) is 0.634. The Bertz CT molecular complexity index is 854. The normalized spacial score (nSPS) is 26.6. The van der Waals surface area contributed by atoms with Crippen LogP contribution in [0.1, 0.15) is 63.2 Å². The highest BCUT2D eigenvalue weighted by Gasteiger charge is 2.50. The van der Waals surface area contributed by atoms with Gasteiger partial charge >= 0.3 is 0 Å². The molecule has 0 radical (unpaired) electrons. The van der Waals surface area contributed by atoms with Gasteiger partial charge in [0.2, 0.25) is 5.91 Å². The van der Waals surface area contributed by atoms with E-state index in [9.17, 15) is 9.18 Å². The van der Waals surface area contributed by atoms with Crippen molar-refractivity contribution in [2.24, 2.45) is 11.8 Å². The number of aromatic amines is 1. The minimum Gasteiger partial charge on any atom is -0.371 e. The van der Waals surface area contributed by atoms with Gasteiger partial charge in [0, 0.05) is 19.2 Å². The Kier molecular flexibility index (Phi) is 6.23. The number of carbonyl (C=O) groups is 1. The van der Waals surface area contributed by atoms with E-state index >= 15 is 0 Å². The van der Waals surface area contributed by atoms with E-state index in [2.05, 4.69) is 28.9 Å². The predicted octanol–water partition coefficient (Wildman–Crippen LogP) is 4.67. The molecule has 30 heavy (non-hydrogen) atoms. The Morgan fingerprint density at radius 2 is 2.30 bits per heavy atom. The number of benzene rings is 1. The molecular weight excluding hydrogens is 381 g/mol. The van der Waals surface area contributed by atoms with Gasteiger partial charge in [-0.2, -0.15) is 5.10 Å². The second kappa shape index (κ2) is 8.88. The van der Waals surface area contributed by atoms with E-state index in [1.54, 1.807) is 12.1 Å². The van der Waals surface area contributed by atoms with Crippen molar-refractivity contribution in [1.29, 1.82) is 0 Å². The van der Waals surface area contributed by atoms with Crippen LogP contribution in [-0.4, -0.2) is 39.7 Å². The van der Waals surface area contributed by atoms with Crippen molar-refractivity contribution in [3.63, 3.8) is 0 Å². The molecule has 0 bridgehead atoms. The van der Waals surface area contributed by atoms with Crippen LogP contribution in [0.25, 0.3) is 0 Å². The summed E-state index contributed by atoms with van der Waals surface area (Å²) >= 11 is 0. The molecule has 2 saturated heterocycles. The van der Waals surface area contributed by atoms with E-state index in [1.807, 2.05) is 18.5 Å². The average Bonchev–Trinajstić information content (AvgIpc) is 3.38. The largest absolute Gasteiger partial charge is 0.371 e. The van der Waals surface area contributed by atoms with Gasteiger partial charge in [0.05, 0.1) is 24.4 Å². The molecule has 2 aliphatic heterocycles. The Hall–Kier alpha value is -2.21. The van der Waals surface area contributed by atoms with Gasteiger partial charge in [0.15, 0.2) is 0 Å². The maximum absolute atomic E-state index is 13.8. The van der Waals surface area contributed by atoms with Crippen LogP contribution in [0.5, 0.6) is 0 Å². The monoisotopic (exact) mass is 413 g/mol. The van der Waals surface area contributed by atoms with Gasteiger partial charge in [-0.1, -0.05) is 26.0 Å². The summed E-state index contributed by atoms with van der Waals surface area (Å²) in [4.78, 5) is 15.2. The summed E-state index contributed by atoms with van der Waals surface area (Å²) in [5.41, 5.74) is 1.82. The number of carbonyl (C=O) groups excluding carboxylic acids is 1. The molecule has 1 aromatic heterocycles. The third-order valence-corrected chi connectivity index (χ3v) is 6.88. The Labute approximate surface area is 178 Å². The van der Waals surface area contributed by atoms with Crippen LogP contribution in [0, 0.1) is 17.7 Å². The third-order valence-electron chi connectivity index (χ3n) is 6.88. The van der Waals surface area contributed by atoms with Crippen molar-refractivity contribution in [2.75, 3.05) is 13.2 Å². The number of ether oxygens (including phenoxy) is 1. The lowest BCUT2D eigenvalue weighted by atomic mass is 9.73. The minimum atomic E-state index is -0.228. The van der Waals surface area contributed by atoms with Crippen molar-refractivity contribution >= 4 is 5.91 Å². The third kappa shape index (κ3) is 4.29. The molecule has 4 rings (SSSR count). The number of aromatic nitrogens is 2. The first-order valence-corrected chi connectivity index (χ1v) is 11.1. The molecule has 1 amide bonds. The second-order valence-corrected chi connectivity index (χ2v) is 9.23. The molecule has 1 aromatic carbocycles. The summed E-state index contributed by atoms with van der Waals surface area (Å²) in [5, 5.41) is 6.79. The molecule has 2 fully saturated rings. The predicted molar refractivity (Wildman–Crippen MR) is 113 cm³/mol. The van der Waals surface area contributed by atoms with Gasteiger partial charge in [-0.05, 0) is 67.2 Å². The zero-order chi connectivity index (χ0) is 21.1. The van der Waals surface area contributed by atoms with Crippen molar-refractivity contribution in [2.45, 2.75) is 64.0 Å². The van der Waals surface area contributed by atoms with Gasteiger partial charge in [0.25, 0.3) is 0 Å². The Balaban J connectivity index is 1.45. The molecule has 6 heteroatoms. The van der Waals surface area contributed by atoms with Crippen molar-refractivity contribution < 1.29 is 13.9 Å². The molecule has 2 aromatic rings. The molecule has 3 heterocycles. The van der Waals surface area contributed by atoms with Gasteiger partial charge in [-0.3, -0.25) is 9.89 Å². The summed E-state index contributed by atoms with van der Waals surface area (Å²) < 4.78 is 20.2. The molecule has 3 atom stereocenters. The zero-order valence-electron chi connectivity index (χ0n) is 17.9. The number of amides is 1. The Morgan fingerprint density at radius 3 is 3.03 bits per heavy atom. The fourth-order valence-corrected chi connectivity index (χ4v) is 5.27. The number of aryl methyl sites for hydroxylation is 1. The van der Waals surface area contributed by atoms with Crippen LogP contribution < -0.4 is 0 Å². The number of likely N-dealkylation sites (tertiary alicyclic amines) is 1. The fraction of sp³-hybridized carbons (Fsp3) is 0.583. The van der Waals surface area contributed by atoms with Crippen molar-refractivity contribution in [3.05, 3.63) is 53.6 Å². The molecule has 0 aliphatic carbocycles. The van der Waals surface area contributed by atoms with E-state index in [0.29, 0.717) is 18.9 Å². The minimum absolute atomic E-state index is 0.120. The second-order valence-electron chi connectivity index (χ2n) is 9.23. The van der Waals surface area contributed by atoms with Crippen molar-refractivity contribution in [3.8, 4) is 0 Å². The SMILES string of the molecule is CC(C)[C@@H]1C[C@@]2(CCCN2C(=O)CCCc2cn[nH]c2)CO[C@H]1c1cccc(F)c1. The highest BCUT2D eigenvalue weighted by Crippen LogP contribution is 2.47. The van der Waals surface area contributed by atoms with E-state index in [1.165, 1.54) is 6.07 Å². The molecular formula is C24H32FN3O2. The molecule has 2 aliphatic rings. The van der Waals surface area contributed by atoms with Gasteiger partial charge < -0.3 is 9.64 Å². The van der Waals surface area contributed by atoms with Crippen LogP contribution in [0.15, 0.2) is 36.7 Å². The zero-order valence-corrected chi connectivity index (χ0v) is 17.9. The number of hydrogen-bond donors (Lipinski definition) is 1. The quantitative estimate of drug-likeness (QED) is 0.749. The highest BCUT2D eigenvalue weighted by atomic mass is 19.1. The molecule has 1 N–H and O–H groups in total. The molecule has 5 nitrogen and oxygen atoms in total. The lowest BCUT2D eigenvalue weighted by molar-refractivity contribution is -0.153. The summed E-state index contributed by atoms with van der Waals surface area (Å²) in [7, 11) is 0. The van der Waals surface area contributed by atoms with Crippen molar-refractivity contribution in [1.82, 2.24) is 15.1 Å². The van der Waals surface area contributed by atoms with E-state index in [4.69, 9.17) is 4.74 Å². The van der Waals surface area contributed by atoms with E-state index in [0.717, 1.165) is 49.8 Å². The molecule has 0 unspecified atom stereocenters. The number of rotatable bonds is 6. The lowest BCUT2D eigenvalue weighted by Crippen LogP contribution is -2.55. The van der Waals surface area contributed by atoms with Crippen LogP contribution in [0.2, 0.25) is 0 Å². The summed E-state index contributed by atoms with van der Waals surface area (Å²) in [6, 6.07) is 6.76. The number of halogens is 1. The summed E-state index contributed by atoms with van der Waals surface area (Å²) in [6.45, 7) is 5.74. The van der Waals surface area contributed by atoms with Crippen LogP contribution in [-0.2, 0) is 16.0 Å². The first kappa shape index (κ1) is 21.0. The first-order chi connectivity index (χ1) is 14.5. The number of H-pyrrole nitrogens is 1. The standard InChI is InChI=1S/C24H32FN3O2/c1-17(2)21-13-24(16-30-23(21)19-7-4-8-20(25)12-19)10-5-11-28(24)22(29)9-3-6-18-14-26-27-15-18/h4,7-8,12,14-15,17,21,23H,3,5-6,9-11,13,16H2,1-2H3,(H,26,27)/t21-,23-,24-/m0/s1. The molecule has 162 valence electrons. The number of hydrogen-bond acceptors (Lipinski definition) is 3. The van der Waals surface area contributed by atoms with Crippen LogP contribution in [0.4, 0.5) is 4.39 Å². The average molecular weight is 414 g/mol. The molecule has 0 saturated carbocycles. The maximum atomic E-state index is 13.8. The van der Waals surface area contributed by atoms with Crippen LogP contribution >= 0.6 is 0 Å². The lowest BCUT2D eigenvalue weighted by Gasteiger charge is -2.48. The first-order valence-electron chi connectivity index (χ1n) is 11.1. The summed E-state index contributed by atoms with van der Waals surface area (Å²) in [6.07, 6.45) is 8.73. The maximum Gasteiger partial charge on any atom is 0.223 e. The highest BCUT2D eigenvalue weighted by molar-refractivity contribution is 5.77. The van der Waals surface area contributed by atoms with E-state index in [-0.39, 0.29) is 29.3 Å². The number of nitrogens with one attached hydrogen (secondary N) is 1. The fourth-order valence-electron chi connectivity index (χ4n) is 5.27. The van der Waals surface area contributed by atoms with Gasteiger partial charge in [0.1, 0.15) is 5.82 Å². The van der Waals surface area contributed by atoms with E-state index < -0.39 is 0 Å². The smallest absolute Gasteiger partial charge is 0.223 e. The van der Waals surface area contributed by atoms with Gasteiger partial charge in [-0.15, -0.1) is 0 Å².